The lowest BCUT2D eigenvalue weighted by Crippen LogP contribution is -2.57. The number of rotatable bonds is 7. The van der Waals surface area contributed by atoms with Crippen LogP contribution in [0, 0.1) is 5.41 Å². The molecule has 0 aromatic rings. The predicted molar refractivity (Wildman–Crippen MR) is 82.6 cm³/mol. The Hall–Kier alpha value is -0.120. The summed E-state index contributed by atoms with van der Waals surface area (Å²) in [5.74, 6) is 0. The van der Waals surface area contributed by atoms with Crippen molar-refractivity contribution in [1.29, 1.82) is 0 Å². The molecule has 0 amide bonds. The van der Waals surface area contributed by atoms with Gasteiger partial charge < -0.3 is 15.1 Å². The third kappa shape index (κ3) is 3.32. The van der Waals surface area contributed by atoms with Crippen molar-refractivity contribution in [3.8, 4) is 0 Å². The molecule has 1 saturated carbocycles. The number of hydrogen-bond acceptors (Lipinski definition) is 3. The summed E-state index contributed by atoms with van der Waals surface area (Å²) in [7, 11) is 6.84. The van der Waals surface area contributed by atoms with Crippen LogP contribution in [0.15, 0.2) is 0 Å². The summed E-state index contributed by atoms with van der Waals surface area (Å²) >= 11 is 0. The highest BCUT2D eigenvalue weighted by Crippen LogP contribution is 2.38. The zero-order valence-corrected chi connectivity index (χ0v) is 13.5. The van der Waals surface area contributed by atoms with E-state index in [0.29, 0.717) is 11.0 Å². The van der Waals surface area contributed by atoms with Gasteiger partial charge in [-0.25, -0.2) is 0 Å². The summed E-state index contributed by atoms with van der Waals surface area (Å²) in [6.45, 7) is 7.27. The van der Waals surface area contributed by atoms with E-state index in [9.17, 15) is 0 Å². The second kappa shape index (κ2) is 6.11. The minimum absolute atomic E-state index is 0.466. The van der Waals surface area contributed by atoms with E-state index in [1.807, 2.05) is 0 Å². The van der Waals surface area contributed by atoms with Crippen molar-refractivity contribution in [2.24, 2.45) is 5.41 Å². The highest BCUT2D eigenvalue weighted by atomic mass is 15.2. The Bertz CT molecular complexity index is 278. The van der Waals surface area contributed by atoms with Gasteiger partial charge >= 0.3 is 0 Å². The first kappa shape index (κ1) is 15.3. The van der Waals surface area contributed by atoms with Crippen LogP contribution in [0.25, 0.3) is 0 Å². The summed E-state index contributed by atoms with van der Waals surface area (Å²) in [5, 5.41) is 3.58. The standard InChI is InChI=1S/C16H33N3/c1-5-7-15(10-11-17-12-15)13-19(4)14-16(18(2)3)8-6-9-16/h17H,5-14H2,1-4H3. The van der Waals surface area contributed by atoms with Crippen LogP contribution in [0.2, 0.25) is 0 Å². The van der Waals surface area contributed by atoms with Crippen LogP contribution in [-0.2, 0) is 0 Å². The number of likely N-dealkylation sites (N-methyl/N-ethyl adjacent to an activating group) is 2. The number of nitrogens with one attached hydrogen (secondary N) is 1. The molecular weight excluding hydrogens is 234 g/mol. The van der Waals surface area contributed by atoms with E-state index in [0.717, 1.165) is 0 Å². The van der Waals surface area contributed by atoms with Crippen LogP contribution in [0.3, 0.4) is 0 Å². The summed E-state index contributed by atoms with van der Waals surface area (Å²) in [6.07, 6.45) is 8.22. The second-order valence-corrected chi connectivity index (χ2v) is 7.32. The third-order valence-electron chi connectivity index (χ3n) is 5.51. The van der Waals surface area contributed by atoms with Crippen LogP contribution in [-0.4, -0.2) is 62.7 Å². The summed E-state index contributed by atoms with van der Waals surface area (Å²) < 4.78 is 0. The fourth-order valence-electron chi connectivity index (χ4n) is 4.22. The van der Waals surface area contributed by atoms with Crippen LogP contribution in [0.4, 0.5) is 0 Å². The fourth-order valence-corrected chi connectivity index (χ4v) is 4.22. The van der Waals surface area contributed by atoms with E-state index in [2.05, 4.69) is 43.2 Å². The maximum Gasteiger partial charge on any atom is 0.0330 e. The quantitative estimate of drug-likeness (QED) is 0.763. The van der Waals surface area contributed by atoms with Crippen molar-refractivity contribution in [2.45, 2.75) is 51.0 Å². The van der Waals surface area contributed by atoms with Gasteiger partial charge in [-0.1, -0.05) is 13.3 Å². The lowest BCUT2D eigenvalue weighted by molar-refractivity contribution is 0.0163. The molecule has 1 N–H and O–H groups in total. The van der Waals surface area contributed by atoms with Gasteiger partial charge in [0.25, 0.3) is 0 Å². The molecule has 0 aromatic carbocycles. The second-order valence-electron chi connectivity index (χ2n) is 7.32. The highest BCUT2D eigenvalue weighted by Gasteiger charge is 2.41. The molecule has 1 aliphatic carbocycles. The highest BCUT2D eigenvalue weighted by molar-refractivity contribution is 4.99. The molecule has 1 unspecified atom stereocenters. The molecule has 0 radical (unpaired) electrons. The molecule has 2 fully saturated rings. The van der Waals surface area contributed by atoms with E-state index < -0.39 is 0 Å². The average molecular weight is 267 g/mol. The van der Waals surface area contributed by atoms with E-state index in [1.165, 1.54) is 64.7 Å². The van der Waals surface area contributed by atoms with Crippen LogP contribution < -0.4 is 5.32 Å². The molecule has 2 rings (SSSR count). The van der Waals surface area contributed by atoms with Crippen molar-refractivity contribution < 1.29 is 0 Å². The van der Waals surface area contributed by atoms with Gasteiger partial charge in [-0.2, -0.15) is 0 Å². The maximum atomic E-state index is 3.58. The van der Waals surface area contributed by atoms with Gasteiger partial charge in [0.2, 0.25) is 0 Å². The summed E-state index contributed by atoms with van der Waals surface area (Å²) in [4.78, 5) is 5.08. The van der Waals surface area contributed by atoms with Gasteiger partial charge in [0.05, 0.1) is 0 Å². The molecule has 19 heavy (non-hydrogen) atoms. The minimum atomic E-state index is 0.466. The molecule has 0 spiro atoms. The molecule has 1 aliphatic heterocycles. The first-order valence-electron chi connectivity index (χ1n) is 8.09. The van der Waals surface area contributed by atoms with E-state index in [1.54, 1.807) is 0 Å². The maximum absolute atomic E-state index is 3.58. The Kier molecular flexibility index (Phi) is 4.91. The molecular formula is C16H33N3. The molecule has 0 aromatic heterocycles. The van der Waals surface area contributed by atoms with Gasteiger partial charge in [0.15, 0.2) is 0 Å². The van der Waals surface area contributed by atoms with Crippen LogP contribution in [0.5, 0.6) is 0 Å². The monoisotopic (exact) mass is 267 g/mol. The minimum Gasteiger partial charge on any atom is -0.316 e. The topological polar surface area (TPSA) is 18.5 Å². The van der Waals surface area contributed by atoms with Crippen LogP contribution in [0.1, 0.15) is 45.4 Å². The molecule has 3 heteroatoms. The van der Waals surface area contributed by atoms with Crippen LogP contribution >= 0.6 is 0 Å². The molecule has 1 heterocycles. The van der Waals surface area contributed by atoms with Gasteiger partial charge in [0, 0.05) is 25.2 Å². The average Bonchev–Trinajstić information content (AvgIpc) is 2.72. The molecule has 2 aliphatic rings. The van der Waals surface area contributed by atoms with Crippen molar-refractivity contribution in [1.82, 2.24) is 15.1 Å². The zero-order chi connectivity index (χ0) is 13.9. The lowest BCUT2D eigenvalue weighted by atomic mass is 9.74. The fraction of sp³-hybridized carbons (Fsp3) is 1.00. The number of hydrogen-bond donors (Lipinski definition) is 1. The third-order valence-corrected chi connectivity index (χ3v) is 5.51. The predicted octanol–water partition coefficient (Wildman–Crippen LogP) is 2.18. The Morgan fingerprint density at radius 1 is 1.05 bits per heavy atom. The Balaban J connectivity index is 1.90. The lowest BCUT2D eigenvalue weighted by Gasteiger charge is -2.50. The Morgan fingerprint density at radius 3 is 2.21 bits per heavy atom. The molecule has 3 nitrogen and oxygen atoms in total. The molecule has 112 valence electrons. The largest absolute Gasteiger partial charge is 0.316 e. The van der Waals surface area contributed by atoms with E-state index in [-0.39, 0.29) is 0 Å². The summed E-state index contributed by atoms with van der Waals surface area (Å²) in [6, 6.07) is 0. The van der Waals surface area contributed by atoms with Crippen molar-refractivity contribution in [3.63, 3.8) is 0 Å². The van der Waals surface area contributed by atoms with E-state index in [4.69, 9.17) is 0 Å². The van der Waals surface area contributed by atoms with Crippen molar-refractivity contribution >= 4 is 0 Å². The normalized spacial score (nSPS) is 30.0. The Morgan fingerprint density at radius 2 is 1.79 bits per heavy atom. The Labute approximate surface area is 119 Å². The first-order valence-corrected chi connectivity index (χ1v) is 8.09. The SMILES string of the molecule is CCCC1(CN(C)CC2(N(C)C)CCC2)CCNC1. The summed E-state index contributed by atoms with van der Waals surface area (Å²) in [5.41, 5.74) is 1.01. The van der Waals surface area contributed by atoms with Gasteiger partial charge in [-0.15, -0.1) is 0 Å². The molecule has 1 atom stereocenters. The van der Waals surface area contributed by atoms with Crippen molar-refractivity contribution in [3.05, 3.63) is 0 Å². The van der Waals surface area contributed by atoms with Crippen molar-refractivity contribution in [2.75, 3.05) is 47.3 Å². The van der Waals surface area contributed by atoms with Gasteiger partial charge in [0.1, 0.15) is 0 Å². The first-order chi connectivity index (χ1) is 9.02. The zero-order valence-electron chi connectivity index (χ0n) is 13.5. The molecule has 1 saturated heterocycles. The smallest absolute Gasteiger partial charge is 0.0330 e. The van der Waals surface area contributed by atoms with E-state index >= 15 is 0 Å². The van der Waals surface area contributed by atoms with Gasteiger partial charge in [-0.3, -0.25) is 0 Å². The van der Waals surface area contributed by atoms with Gasteiger partial charge in [-0.05, 0) is 65.2 Å². The number of nitrogens with zero attached hydrogens (tertiary/aromatic N) is 2. The molecule has 0 bridgehead atoms.